The fourth-order valence-corrected chi connectivity index (χ4v) is 4.43. The number of ether oxygens (including phenoxy) is 5. The third kappa shape index (κ3) is 8.25. The third-order valence-corrected chi connectivity index (χ3v) is 6.78. The molecule has 2 heterocycles. The molecule has 1 aliphatic rings. The van der Waals surface area contributed by atoms with Crippen molar-refractivity contribution in [1.29, 1.82) is 0 Å². The third-order valence-electron chi connectivity index (χ3n) is 6.42. The molecule has 1 unspecified atom stereocenters. The minimum atomic E-state index is -1.31. The van der Waals surface area contributed by atoms with Crippen molar-refractivity contribution < 1.29 is 43.6 Å². The van der Waals surface area contributed by atoms with Crippen molar-refractivity contribution in [3.63, 3.8) is 0 Å². The summed E-state index contributed by atoms with van der Waals surface area (Å²) in [6.45, 7) is 0.952. The van der Waals surface area contributed by atoms with Crippen molar-refractivity contribution in [2.24, 2.45) is 0 Å². The Hall–Kier alpha value is -4.12. The molecule has 0 saturated carbocycles. The number of benzene rings is 2. The first-order chi connectivity index (χ1) is 20.5. The average molecular weight is 622 g/mol. The number of aromatic amines is 1. The number of carbonyl (C=O) groups excluding carboxylic acids is 1. The maximum absolute atomic E-state index is 12.3. The topological polar surface area (TPSA) is 202 Å². The van der Waals surface area contributed by atoms with Gasteiger partial charge in [-0.2, -0.15) is 0 Å². The number of carbonyl (C=O) groups is 1. The zero-order valence-electron chi connectivity index (χ0n) is 22.7. The number of rotatable bonds is 12. The molecule has 0 bridgehead atoms. The Balaban J connectivity index is 1.28. The highest BCUT2D eigenvalue weighted by molar-refractivity contribution is 6.31. The lowest BCUT2D eigenvalue weighted by atomic mass is 10.1. The quantitative estimate of drug-likeness (QED) is 0.0874. The number of nitro benzene ring substituents is 1. The lowest BCUT2D eigenvalue weighted by Gasteiger charge is -2.25. The van der Waals surface area contributed by atoms with Crippen LogP contribution >= 0.6 is 11.6 Å². The molecule has 43 heavy (non-hydrogen) atoms. The Kier molecular flexibility index (Phi) is 10.6. The molecular formula is C27H28ClN3O12. The molecule has 1 aliphatic heterocycles. The minimum Gasteiger partial charge on any atom is -0.434 e. The summed E-state index contributed by atoms with van der Waals surface area (Å²) in [5, 5.41) is 31.1. The zero-order chi connectivity index (χ0) is 31.1. The van der Waals surface area contributed by atoms with Crippen molar-refractivity contribution in [1.82, 2.24) is 9.55 Å². The van der Waals surface area contributed by atoms with E-state index >= 15 is 0 Å². The van der Waals surface area contributed by atoms with E-state index in [4.69, 9.17) is 35.3 Å². The van der Waals surface area contributed by atoms with Crippen molar-refractivity contribution in [3.8, 4) is 5.75 Å². The van der Waals surface area contributed by atoms with Crippen LogP contribution in [0.25, 0.3) is 0 Å². The average Bonchev–Trinajstić information content (AvgIpc) is 3.27. The van der Waals surface area contributed by atoms with E-state index in [-0.39, 0.29) is 29.7 Å². The predicted octanol–water partition coefficient (Wildman–Crippen LogP) is 2.05. The van der Waals surface area contributed by atoms with Gasteiger partial charge >= 0.3 is 11.8 Å². The number of non-ortho nitro benzene ring substituents is 1. The van der Waals surface area contributed by atoms with Crippen LogP contribution in [-0.4, -0.2) is 68.7 Å². The van der Waals surface area contributed by atoms with E-state index in [1.54, 1.807) is 25.1 Å². The first kappa shape index (κ1) is 31.8. The molecule has 0 aliphatic carbocycles. The van der Waals surface area contributed by atoms with Gasteiger partial charge in [0, 0.05) is 41.9 Å². The molecule has 1 fully saturated rings. The highest BCUT2D eigenvalue weighted by Crippen LogP contribution is 2.32. The van der Waals surface area contributed by atoms with Gasteiger partial charge in [-0.15, -0.1) is 0 Å². The summed E-state index contributed by atoms with van der Waals surface area (Å²) < 4.78 is 28.3. The number of aliphatic hydroxyl groups is 2. The van der Waals surface area contributed by atoms with Gasteiger partial charge < -0.3 is 33.9 Å². The molecule has 230 valence electrons. The summed E-state index contributed by atoms with van der Waals surface area (Å²) in [6.07, 6.45) is -5.02. The highest BCUT2D eigenvalue weighted by Gasteiger charge is 2.46. The first-order valence-electron chi connectivity index (χ1n) is 12.9. The van der Waals surface area contributed by atoms with E-state index in [9.17, 15) is 34.7 Å². The molecule has 5 atom stereocenters. The van der Waals surface area contributed by atoms with Crippen LogP contribution in [0.3, 0.4) is 0 Å². The number of H-pyrrole nitrogens is 1. The van der Waals surface area contributed by atoms with Gasteiger partial charge in [-0.3, -0.25) is 24.5 Å². The van der Waals surface area contributed by atoms with Crippen LogP contribution in [0.15, 0.2) is 64.3 Å². The second kappa shape index (κ2) is 14.4. The number of hydrogen-bond donors (Lipinski definition) is 3. The number of hydrogen-bond acceptors (Lipinski definition) is 12. The molecule has 1 aromatic heterocycles. The van der Waals surface area contributed by atoms with Crippen LogP contribution in [-0.2, 0) is 32.0 Å². The summed E-state index contributed by atoms with van der Waals surface area (Å²) in [5.74, 6) is 0.119. The minimum absolute atomic E-state index is 0.00826. The summed E-state index contributed by atoms with van der Waals surface area (Å²) in [6, 6.07) is 11.4. The normalized spacial score (nSPS) is 20.5. The Morgan fingerprint density at radius 2 is 1.95 bits per heavy atom. The van der Waals surface area contributed by atoms with Crippen LogP contribution in [0.2, 0.25) is 5.02 Å². The SMILES string of the molecule is CC(OCc1ccc(OC(=O)OCCc2ccc([N+](=O)[O-])cc2)cc1Cl)O[C@@H]1[C@H](O)[C@@H](CO)O[C@H]1n1ccc(=O)[nH]c1=O. The zero-order valence-corrected chi connectivity index (χ0v) is 23.4. The van der Waals surface area contributed by atoms with E-state index in [1.165, 1.54) is 30.5 Å². The Labute approximate surface area is 248 Å². The van der Waals surface area contributed by atoms with Crippen LogP contribution in [0, 0.1) is 10.1 Å². The van der Waals surface area contributed by atoms with Crippen LogP contribution < -0.4 is 16.0 Å². The van der Waals surface area contributed by atoms with E-state index in [0.29, 0.717) is 12.0 Å². The van der Waals surface area contributed by atoms with Crippen molar-refractivity contribution >= 4 is 23.4 Å². The van der Waals surface area contributed by atoms with Gasteiger partial charge in [0.15, 0.2) is 12.5 Å². The predicted molar refractivity (Wildman–Crippen MR) is 148 cm³/mol. The molecular weight excluding hydrogens is 594 g/mol. The number of aliphatic hydroxyl groups excluding tert-OH is 2. The first-order valence-corrected chi connectivity index (χ1v) is 13.3. The largest absolute Gasteiger partial charge is 0.513 e. The fraction of sp³-hybridized carbons (Fsp3) is 0.370. The second-order valence-corrected chi connectivity index (χ2v) is 9.77. The molecule has 4 rings (SSSR count). The van der Waals surface area contributed by atoms with Gasteiger partial charge in [0.2, 0.25) is 0 Å². The maximum atomic E-state index is 12.3. The molecule has 0 spiro atoms. The Morgan fingerprint density at radius 3 is 2.60 bits per heavy atom. The number of aromatic nitrogens is 2. The fourth-order valence-electron chi connectivity index (χ4n) is 4.21. The van der Waals surface area contributed by atoms with Gasteiger partial charge in [-0.1, -0.05) is 29.8 Å². The number of halogens is 1. The van der Waals surface area contributed by atoms with E-state index in [2.05, 4.69) is 4.98 Å². The Bertz CT molecular complexity index is 1540. The van der Waals surface area contributed by atoms with E-state index in [1.807, 2.05) is 0 Å². The summed E-state index contributed by atoms with van der Waals surface area (Å²) in [7, 11) is 0. The van der Waals surface area contributed by atoms with E-state index in [0.717, 1.165) is 16.2 Å². The van der Waals surface area contributed by atoms with Crippen LogP contribution in [0.4, 0.5) is 10.5 Å². The van der Waals surface area contributed by atoms with Crippen molar-refractivity contribution in [2.45, 2.75) is 50.8 Å². The molecule has 2 aromatic carbocycles. The molecule has 1 saturated heterocycles. The second-order valence-electron chi connectivity index (χ2n) is 9.36. The molecule has 3 N–H and O–H groups in total. The monoisotopic (exact) mass is 621 g/mol. The molecule has 15 nitrogen and oxygen atoms in total. The maximum Gasteiger partial charge on any atom is 0.513 e. The summed E-state index contributed by atoms with van der Waals surface area (Å²) in [5.41, 5.74) is -0.177. The van der Waals surface area contributed by atoms with Gasteiger partial charge in [0.25, 0.3) is 11.2 Å². The lowest BCUT2D eigenvalue weighted by molar-refractivity contribution is -0.384. The Morgan fingerprint density at radius 1 is 1.21 bits per heavy atom. The molecule has 3 aromatic rings. The summed E-state index contributed by atoms with van der Waals surface area (Å²) >= 11 is 6.32. The van der Waals surface area contributed by atoms with Crippen LogP contribution in [0.5, 0.6) is 5.75 Å². The number of nitrogens with one attached hydrogen (secondary N) is 1. The molecule has 0 radical (unpaired) electrons. The van der Waals surface area contributed by atoms with E-state index < -0.39 is 59.8 Å². The number of nitrogens with zero attached hydrogens (tertiary/aromatic N) is 2. The van der Waals surface area contributed by atoms with Gasteiger partial charge in [-0.05, 0) is 24.1 Å². The number of nitro groups is 1. The van der Waals surface area contributed by atoms with Gasteiger partial charge in [0.1, 0.15) is 24.1 Å². The van der Waals surface area contributed by atoms with Gasteiger partial charge in [0.05, 0.1) is 24.7 Å². The van der Waals surface area contributed by atoms with Crippen LogP contribution in [0.1, 0.15) is 24.3 Å². The standard InChI is InChI=1S/C27H28ClN3O12/c1-15(41-24-23(34)21(13-32)43-25(24)30-10-8-22(33)29-26(30)35)40-14-17-4-7-19(12-20(17)28)42-27(36)39-11-9-16-2-5-18(6-3-16)31(37)38/h2-8,10,12,15,21,23-25,32,34H,9,11,13-14H2,1H3,(H,29,33,35)/t15?,21-,23-,24-,25-/m1/s1. The lowest BCUT2D eigenvalue weighted by Crippen LogP contribution is -2.41. The molecule has 16 heteroatoms. The smallest absolute Gasteiger partial charge is 0.434 e. The highest BCUT2D eigenvalue weighted by atomic mass is 35.5. The summed E-state index contributed by atoms with van der Waals surface area (Å²) in [4.78, 5) is 48.1. The van der Waals surface area contributed by atoms with Crippen molar-refractivity contribution in [2.75, 3.05) is 13.2 Å². The van der Waals surface area contributed by atoms with Crippen molar-refractivity contribution in [3.05, 3.63) is 102 Å². The van der Waals surface area contributed by atoms with Gasteiger partial charge in [-0.25, -0.2) is 9.59 Å². The molecule has 0 amide bonds.